The third-order valence-electron chi connectivity index (χ3n) is 2.55. The summed E-state index contributed by atoms with van der Waals surface area (Å²) in [4.78, 5) is 29.9. The number of aromatic amines is 1. The van der Waals surface area contributed by atoms with Crippen molar-refractivity contribution in [1.82, 2.24) is 9.97 Å². The van der Waals surface area contributed by atoms with E-state index in [2.05, 4.69) is 15.3 Å². The Morgan fingerprint density at radius 1 is 1.37 bits per heavy atom. The van der Waals surface area contributed by atoms with Gasteiger partial charge >= 0.3 is 0 Å². The number of halogens is 1. The average Bonchev–Trinajstić information content (AvgIpc) is 2.33. The van der Waals surface area contributed by atoms with Crippen LogP contribution in [0.5, 0.6) is 0 Å². The Morgan fingerprint density at radius 2 is 2.11 bits per heavy atom. The van der Waals surface area contributed by atoms with E-state index in [1.54, 1.807) is 32.2 Å². The summed E-state index contributed by atoms with van der Waals surface area (Å²) in [6.07, 6.45) is 1.56. The molecule has 0 aliphatic rings. The first kappa shape index (κ1) is 13.3. The summed E-state index contributed by atoms with van der Waals surface area (Å²) in [7, 11) is 0. The number of aryl methyl sites for hydroxylation is 2. The summed E-state index contributed by atoms with van der Waals surface area (Å²) < 4.78 is 0. The van der Waals surface area contributed by atoms with Crippen molar-refractivity contribution in [2.75, 3.05) is 5.32 Å². The van der Waals surface area contributed by atoms with Crippen LogP contribution in [0.2, 0.25) is 5.02 Å². The van der Waals surface area contributed by atoms with E-state index in [9.17, 15) is 9.59 Å². The van der Waals surface area contributed by atoms with Crippen LogP contribution in [0.1, 0.15) is 21.7 Å². The fraction of sp³-hybridized carbons (Fsp3) is 0.154. The highest BCUT2D eigenvalue weighted by Crippen LogP contribution is 2.23. The number of hydrogen-bond acceptors (Lipinski definition) is 3. The number of carbonyl (C=O) groups excluding carboxylic acids is 1. The lowest BCUT2D eigenvalue weighted by Gasteiger charge is -2.08. The zero-order valence-electron chi connectivity index (χ0n) is 10.5. The molecule has 2 N–H and O–H groups in total. The van der Waals surface area contributed by atoms with Gasteiger partial charge in [0.2, 0.25) is 5.56 Å². The maximum Gasteiger partial charge on any atom is 0.255 e. The van der Waals surface area contributed by atoms with E-state index in [-0.39, 0.29) is 17.0 Å². The fourth-order valence-corrected chi connectivity index (χ4v) is 1.81. The van der Waals surface area contributed by atoms with Gasteiger partial charge in [0.25, 0.3) is 5.91 Å². The minimum absolute atomic E-state index is 0.284. The second kappa shape index (κ2) is 5.24. The van der Waals surface area contributed by atoms with Crippen molar-refractivity contribution in [2.45, 2.75) is 13.8 Å². The van der Waals surface area contributed by atoms with Gasteiger partial charge in [0, 0.05) is 23.5 Å². The van der Waals surface area contributed by atoms with Crippen molar-refractivity contribution in [3.05, 3.63) is 56.7 Å². The molecule has 2 aromatic heterocycles. The predicted molar refractivity (Wildman–Crippen MR) is 73.7 cm³/mol. The highest BCUT2D eigenvalue weighted by atomic mass is 35.5. The van der Waals surface area contributed by atoms with Crippen molar-refractivity contribution < 1.29 is 4.79 Å². The lowest BCUT2D eigenvalue weighted by atomic mass is 10.2. The summed E-state index contributed by atoms with van der Waals surface area (Å²) in [6, 6.07) is 4.44. The van der Waals surface area contributed by atoms with E-state index in [1.807, 2.05) is 0 Å². The van der Waals surface area contributed by atoms with E-state index in [0.29, 0.717) is 22.1 Å². The lowest BCUT2D eigenvalue weighted by molar-refractivity contribution is 0.102. The van der Waals surface area contributed by atoms with Crippen LogP contribution < -0.4 is 10.9 Å². The number of hydrogen-bond donors (Lipinski definition) is 2. The minimum atomic E-state index is -0.387. The van der Waals surface area contributed by atoms with Gasteiger partial charge < -0.3 is 10.3 Å². The van der Waals surface area contributed by atoms with Crippen molar-refractivity contribution in [3.63, 3.8) is 0 Å². The molecule has 2 rings (SSSR count). The van der Waals surface area contributed by atoms with Gasteiger partial charge in [-0.15, -0.1) is 0 Å². The van der Waals surface area contributed by atoms with Crippen molar-refractivity contribution in [2.24, 2.45) is 0 Å². The Hall–Kier alpha value is -2.14. The first-order valence-corrected chi connectivity index (χ1v) is 5.98. The number of H-pyrrole nitrogens is 1. The SMILES string of the molecule is Cc1cc(C(=O)Nc2ccnc(C)c2Cl)cc(=O)[nH]1. The van der Waals surface area contributed by atoms with Crippen molar-refractivity contribution >= 4 is 23.2 Å². The molecule has 1 amide bonds. The second-order valence-electron chi connectivity index (χ2n) is 4.13. The molecule has 0 fully saturated rings. The van der Waals surface area contributed by atoms with Gasteiger partial charge in [-0.25, -0.2) is 0 Å². The molecule has 0 aliphatic carbocycles. The van der Waals surface area contributed by atoms with Crippen LogP contribution in [0, 0.1) is 13.8 Å². The number of carbonyl (C=O) groups is 1. The Labute approximate surface area is 114 Å². The van der Waals surface area contributed by atoms with Crippen LogP contribution in [0.15, 0.2) is 29.2 Å². The molecule has 0 aromatic carbocycles. The number of nitrogens with one attached hydrogen (secondary N) is 2. The van der Waals surface area contributed by atoms with E-state index < -0.39 is 0 Å². The van der Waals surface area contributed by atoms with Gasteiger partial charge in [-0.1, -0.05) is 11.6 Å². The van der Waals surface area contributed by atoms with Crippen LogP contribution in [0.4, 0.5) is 5.69 Å². The third-order valence-corrected chi connectivity index (χ3v) is 3.03. The molecule has 6 heteroatoms. The molecular weight excluding hydrogens is 266 g/mol. The Kier molecular flexibility index (Phi) is 3.66. The monoisotopic (exact) mass is 277 g/mol. The van der Waals surface area contributed by atoms with E-state index in [1.165, 1.54) is 6.07 Å². The zero-order chi connectivity index (χ0) is 14.0. The number of aromatic nitrogens is 2. The van der Waals surface area contributed by atoms with Gasteiger partial charge in [0.05, 0.1) is 16.4 Å². The third kappa shape index (κ3) is 3.00. The average molecular weight is 278 g/mol. The van der Waals surface area contributed by atoms with Crippen LogP contribution in [0.25, 0.3) is 0 Å². The Morgan fingerprint density at radius 3 is 2.79 bits per heavy atom. The number of pyridine rings is 2. The first-order valence-electron chi connectivity index (χ1n) is 5.61. The van der Waals surface area contributed by atoms with Gasteiger partial charge in [-0.3, -0.25) is 14.6 Å². The highest BCUT2D eigenvalue weighted by molar-refractivity contribution is 6.34. The van der Waals surface area contributed by atoms with Crippen molar-refractivity contribution in [3.8, 4) is 0 Å². The van der Waals surface area contributed by atoms with Gasteiger partial charge in [0.1, 0.15) is 0 Å². The maximum absolute atomic E-state index is 12.0. The lowest BCUT2D eigenvalue weighted by Crippen LogP contribution is -2.17. The standard InChI is InChI=1S/C13H12ClN3O2/c1-7-5-9(6-11(18)16-7)13(19)17-10-3-4-15-8(2)12(10)14/h3-6H,1-2H3,(H,16,18)(H,15,17,19). The molecule has 0 bridgehead atoms. The zero-order valence-corrected chi connectivity index (χ0v) is 11.2. The predicted octanol–water partition coefficient (Wildman–Crippen LogP) is 2.29. The minimum Gasteiger partial charge on any atom is -0.326 e. The molecule has 2 aromatic rings. The highest BCUT2D eigenvalue weighted by Gasteiger charge is 2.11. The smallest absolute Gasteiger partial charge is 0.255 e. The molecule has 5 nitrogen and oxygen atoms in total. The van der Waals surface area contributed by atoms with E-state index >= 15 is 0 Å². The topological polar surface area (TPSA) is 74.8 Å². The van der Waals surface area contributed by atoms with Crippen LogP contribution >= 0.6 is 11.6 Å². The summed E-state index contributed by atoms with van der Waals surface area (Å²) in [5.41, 5.74) is 1.68. The second-order valence-corrected chi connectivity index (χ2v) is 4.51. The molecule has 0 unspecified atom stereocenters. The van der Waals surface area contributed by atoms with Crippen LogP contribution in [0.3, 0.4) is 0 Å². The molecule has 19 heavy (non-hydrogen) atoms. The number of nitrogens with zero attached hydrogens (tertiary/aromatic N) is 1. The molecule has 0 spiro atoms. The van der Waals surface area contributed by atoms with Crippen LogP contribution in [-0.2, 0) is 0 Å². The molecule has 0 aliphatic heterocycles. The molecule has 0 radical (unpaired) electrons. The summed E-state index contributed by atoms with van der Waals surface area (Å²) in [6.45, 7) is 3.46. The fourth-order valence-electron chi connectivity index (χ4n) is 1.65. The largest absolute Gasteiger partial charge is 0.326 e. The Balaban J connectivity index is 2.31. The van der Waals surface area contributed by atoms with E-state index in [0.717, 1.165) is 0 Å². The normalized spacial score (nSPS) is 10.3. The first-order chi connectivity index (χ1) is 8.97. The summed E-state index contributed by atoms with van der Waals surface area (Å²) >= 11 is 6.04. The van der Waals surface area contributed by atoms with Gasteiger partial charge in [0.15, 0.2) is 0 Å². The summed E-state index contributed by atoms with van der Waals surface area (Å²) in [5, 5.41) is 3.04. The number of amides is 1. The van der Waals surface area contributed by atoms with Crippen LogP contribution in [-0.4, -0.2) is 15.9 Å². The molecular formula is C13H12ClN3O2. The van der Waals surface area contributed by atoms with E-state index in [4.69, 9.17) is 11.6 Å². The maximum atomic E-state index is 12.0. The quantitative estimate of drug-likeness (QED) is 0.884. The number of anilines is 1. The molecule has 0 atom stereocenters. The molecule has 98 valence electrons. The molecule has 2 heterocycles. The molecule has 0 saturated heterocycles. The Bertz CT molecular complexity index is 695. The molecule has 0 saturated carbocycles. The number of rotatable bonds is 2. The summed E-state index contributed by atoms with van der Waals surface area (Å²) in [5.74, 6) is -0.387. The van der Waals surface area contributed by atoms with Gasteiger partial charge in [-0.2, -0.15) is 0 Å². The van der Waals surface area contributed by atoms with Crippen molar-refractivity contribution in [1.29, 1.82) is 0 Å². The van der Waals surface area contributed by atoms with Gasteiger partial charge in [-0.05, 0) is 26.0 Å².